The molecule has 0 unspecified atom stereocenters. The third kappa shape index (κ3) is 1.24. The summed E-state index contributed by atoms with van der Waals surface area (Å²) in [6.45, 7) is -0.344. The van der Waals surface area contributed by atoms with E-state index in [0.717, 1.165) is 0 Å². The van der Waals surface area contributed by atoms with Gasteiger partial charge in [-0.25, -0.2) is 4.79 Å². The number of hydrogen-bond acceptors (Lipinski definition) is 5. The van der Waals surface area contributed by atoms with Crippen LogP contribution in [-0.4, -0.2) is 51.6 Å². The number of nitrogens with one attached hydrogen (secondary N) is 2. The lowest BCUT2D eigenvalue weighted by atomic mass is 9.94. The average Bonchev–Trinajstić information content (AvgIpc) is 2.60. The molecule has 0 aromatic rings. The van der Waals surface area contributed by atoms with Crippen molar-refractivity contribution >= 4 is 11.9 Å². The summed E-state index contributed by atoms with van der Waals surface area (Å²) in [4.78, 5) is 22.4. The average molecular weight is 216 g/mol. The van der Waals surface area contributed by atoms with Gasteiger partial charge in [0.2, 0.25) is 0 Å². The number of carbonyl (C=O) groups is 2. The van der Waals surface area contributed by atoms with Gasteiger partial charge in [0, 0.05) is 12.5 Å². The fourth-order valence-electron chi connectivity index (χ4n) is 2.23. The van der Waals surface area contributed by atoms with E-state index < -0.39 is 35.6 Å². The number of aliphatic hydroxyl groups excluding tert-OH is 3. The molecule has 15 heavy (non-hydrogen) atoms. The summed E-state index contributed by atoms with van der Waals surface area (Å²) in [5, 5.41) is 32.5. The summed E-state index contributed by atoms with van der Waals surface area (Å²) in [6, 6.07) is -0.690. The van der Waals surface area contributed by atoms with Gasteiger partial charge in [0.05, 0.1) is 6.10 Å². The number of carbonyl (C=O) groups excluding carboxylic acids is 2. The predicted octanol–water partition coefficient (Wildman–Crippen LogP) is -2.70. The number of urea groups is 1. The van der Waals surface area contributed by atoms with E-state index in [4.69, 9.17) is 5.11 Å². The van der Waals surface area contributed by atoms with Gasteiger partial charge in [-0.15, -0.1) is 0 Å². The molecule has 1 spiro atoms. The predicted molar refractivity (Wildman–Crippen MR) is 46.6 cm³/mol. The molecule has 5 N–H and O–H groups in total. The van der Waals surface area contributed by atoms with Crippen LogP contribution in [0.5, 0.6) is 0 Å². The Labute approximate surface area is 85.1 Å². The lowest BCUT2D eigenvalue weighted by molar-refractivity contribution is -0.128. The van der Waals surface area contributed by atoms with Crippen LogP contribution in [0.2, 0.25) is 0 Å². The molecule has 1 aliphatic carbocycles. The van der Waals surface area contributed by atoms with Gasteiger partial charge in [0.25, 0.3) is 5.91 Å². The smallest absolute Gasteiger partial charge is 0.322 e. The lowest BCUT2D eigenvalue weighted by Crippen LogP contribution is -2.55. The summed E-state index contributed by atoms with van der Waals surface area (Å²) in [5.41, 5.74) is -1.48. The molecule has 4 atom stereocenters. The first-order valence-electron chi connectivity index (χ1n) is 4.62. The maximum absolute atomic E-state index is 11.5. The summed E-state index contributed by atoms with van der Waals surface area (Å²) < 4.78 is 0. The Balaban J connectivity index is 2.30. The molecule has 7 nitrogen and oxygen atoms in total. The largest absolute Gasteiger partial charge is 0.396 e. The van der Waals surface area contributed by atoms with Crippen molar-refractivity contribution in [1.29, 1.82) is 0 Å². The minimum absolute atomic E-state index is 0.0312. The van der Waals surface area contributed by atoms with E-state index in [1.165, 1.54) is 0 Å². The van der Waals surface area contributed by atoms with Gasteiger partial charge in [-0.1, -0.05) is 0 Å². The number of imide groups is 1. The summed E-state index contributed by atoms with van der Waals surface area (Å²) >= 11 is 0. The van der Waals surface area contributed by atoms with Crippen LogP contribution in [0.1, 0.15) is 6.42 Å². The molecular formula is C8H12N2O5. The first-order valence-corrected chi connectivity index (χ1v) is 4.62. The summed E-state index contributed by atoms with van der Waals surface area (Å²) in [6.07, 6.45) is -2.57. The van der Waals surface area contributed by atoms with Crippen molar-refractivity contribution in [3.8, 4) is 0 Å². The monoisotopic (exact) mass is 216 g/mol. The third-order valence-electron chi connectivity index (χ3n) is 3.10. The molecule has 2 rings (SSSR count). The Hall–Kier alpha value is -1.18. The first kappa shape index (κ1) is 10.3. The zero-order valence-electron chi connectivity index (χ0n) is 7.80. The molecular weight excluding hydrogens is 204 g/mol. The fourth-order valence-corrected chi connectivity index (χ4v) is 2.23. The maximum Gasteiger partial charge on any atom is 0.322 e. The van der Waals surface area contributed by atoms with Gasteiger partial charge in [-0.3, -0.25) is 10.1 Å². The topological polar surface area (TPSA) is 119 Å². The minimum Gasteiger partial charge on any atom is -0.396 e. The van der Waals surface area contributed by atoms with Gasteiger partial charge >= 0.3 is 6.03 Å². The number of rotatable bonds is 1. The zero-order valence-corrected chi connectivity index (χ0v) is 7.80. The molecule has 7 heteroatoms. The normalized spacial score (nSPS) is 44.6. The molecule has 1 saturated carbocycles. The van der Waals surface area contributed by atoms with Crippen LogP contribution in [0.4, 0.5) is 4.79 Å². The van der Waals surface area contributed by atoms with Crippen molar-refractivity contribution in [2.75, 3.05) is 6.61 Å². The van der Waals surface area contributed by atoms with Gasteiger partial charge in [0.15, 0.2) is 0 Å². The molecule has 84 valence electrons. The second-order valence-corrected chi connectivity index (χ2v) is 3.96. The third-order valence-corrected chi connectivity index (χ3v) is 3.10. The number of aliphatic hydroxyl groups is 3. The highest BCUT2D eigenvalue weighted by atomic mass is 16.3. The van der Waals surface area contributed by atoms with Gasteiger partial charge in [-0.2, -0.15) is 0 Å². The maximum atomic E-state index is 11.5. The van der Waals surface area contributed by atoms with Crippen molar-refractivity contribution < 1.29 is 24.9 Å². The van der Waals surface area contributed by atoms with E-state index in [1.807, 2.05) is 5.32 Å². The van der Waals surface area contributed by atoms with Crippen LogP contribution in [0.3, 0.4) is 0 Å². The minimum atomic E-state index is -1.48. The molecule has 1 saturated heterocycles. The highest BCUT2D eigenvalue weighted by Gasteiger charge is 2.61. The second kappa shape index (κ2) is 3.16. The van der Waals surface area contributed by atoms with E-state index in [1.54, 1.807) is 0 Å². The Morgan fingerprint density at radius 1 is 1.40 bits per heavy atom. The standard InChI is InChI=1S/C8H12N2O5/c11-2-3-1-8(5(13)4(3)12)6(14)9-7(15)10-8/h3-5,11-13H,1-2H2,(H2,9,10,14,15)/t3-,4-,5-,8+/m1/s1. The molecule has 0 aromatic heterocycles. The van der Waals surface area contributed by atoms with Crippen LogP contribution < -0.4 is 10.6 Å². The molecule has 0 bridgehead atoms. The van der Waals surface area contributed by atoms with Crippen LogP contribution >= 0.6 is 0 Å². The summed E-state index contributed by atoms with van der Waals surface area (Å²) in [5.74, 6) is -1.26. The van der Waals surface area contributed by atoms with Crippen molar-refractivity contribution in [2.45, 2.75) is 24.2 Å². The molecule has 0 radical (unpaired) electrons. The number of hydrogen-bond donors (Lipinski definition) is 5. The Bertz CT molecular complexity index is 320. The fraction of sp³-hybridized carbons (Fsp3) is 0.750. The molecule has 1 aliphatic heterocycles. The van der Waals surface area contributed by atoms with E-state index >= 15 is 0 Å². The van der Waals surface area contributed by atoms with Gasteiger partial charge in [-0.05, 0) is 6.42 Å². The van der Waals surface area contributed by atoms with Crippen LogP contribution in [0.15, 0.2) is 0 Å². The molecule has 2 fully saturated rings. The highest BCUT2D eigenvalue weighted by molar-refractivity contribution is 6.07. The molecule has 0 aromatic carbocycles. The van der Waals surface area contributed by atoms with Crippen molar-refractivity contribution in [2.24, 2.45) is 5.92 Å². The molecule has 3 amide bonds. The Morgan fingerprint density at radius 2 is 2.07 bits per heavy atom. The first-order chi connectivity index (χ1) is 7.01. The van der Waals surface area contributed by atoms with Crippen LogP contribution in [-0.2, 0) is 4.79 Å². The summed E-state index contributed by atoms with van der Waals surface area (Å²) in [7, 11) is 0. The van der Waals surface area contributed by atoms with Crippen molar-refractivity contribution in [1.82, 2.24) is 10.6 Å². The molecule has 2 aliphatic rings. The van der Waals surface area contributed by atoms with E-state index in [0.29, 0.717) is 0 Å². The van der Waals surface area contributed by atoms with E-state index in [2.05, 4.69) is 5.32 Å². The number of amides is 3. The zero-order chi connectivity index (χ0) is 11.2. The Morgan fingerprint density at radius 3 is 2.47 bits per heavy atom. The van der Waals surface area contributed by atoms with Crippen molar-refractivity contribution in [3.05, 3.63) is 0 Å². The van der Waals surface area contributed by atoms with Crippen LogP contribution in [0.25, 0.3) is 0 Å². The second-order valence-electron chi connectivity index (χ2n) is 3.96. The SMILES string of the molecule is O=C1NC(=O)[C@@]2(C[C@H](CO)[C@@H](O)[C@H]2O)N1. The van der Waals surface area contributed by atoms with E-state index in [9.17, 15) is 19.8 Å². The molecule has 1 heterocycles. The van der Waals surface area contributed by atoms with Crippen molar-refractivity contribution in [3.63, 3.8) is 0 Å². The highest BCUT2D eigenvalue weighted by Crippen LogP contribution is 2.36. The Kier molecular flexibility index (Phi) is 2.18. The van der Waals surface area contributed by atoms with Crippen LogP contribution in [0, 0.1) is 5.92 Å². The quantitative estimate of drug-likeness (QED) is 0.305. The lowest BCUT2D eigenvalue weighted by Gasteiger charge is -2.24. The van der Waals surface area contributed by atoms with E-state index in [-0.39, 0.29) is 13.0 Å². The van der Waals surface area contributed by atoms with Gasteiger partial charge < -0.3 is 20.6 Å². The van der Waals surface area contributed by atoms with Gasteiger partial charge in [0.1, 0.15) is 11.6 Å².